The lowest BCUT2D eigenvalue weighted by Crippen LogP contribution is -2.26. The summed E-state index contributed by atoms with van der Waals surface area (Å²) in [5.74, 6) is 1.58. The van der Waals surface area contributed by atoms with Crippen LogP contribution in [0.5, 0.6) is 0 Å². The van der Waals surface area contributed by atoms with E-state index in [-0.39, 0.29) is 11.6 Å². The second kappa shape index (κ2) is 6.23. The smallest absolute Gasteiger partial charge is 0.155 e. The van der Waals surface area contributed by atoms with E-state index >= 15 is 0 Å². The van der Waals surface area contributed by atoms with Gasteiger partial charge in [-0.2, -0.15) is 5.26 Å². The number of anilines is 1. The summed E-state index contributed by atoms with van der Waals surface area (Å²) in [4.78, 5) is 2.13. The normalized spacial score (nSPS) is 20.5. The van der Waals surface area contributed by atoms with E-state index in [9.17, 15) is 9.65 Å². The highest BCUT2D eigenvalue weighted by Crippen LogP contribution is 2.38. The van der Waals surface area contributed by atoms with Crippen LogP contribution in [-0.2, 0) is 13.0 Å². The first kappa shape index (κ1) is 15.1. The number of nitrogens with zero attached hydrogens (tertiary/aromatic N) is 5. The third-order valence-electron chi connectivity index (χ3n) is 5.10. The highest BCUT2D eigenvalue weighted by Gasteiger charge is 2.33. The average Bonchev–Trinajstić information content (AvgIpc) is 3.15. The molecule has 0 spiro atoms. The summed E-state index contributed by atoms with van der Waals surface area (Å²) in [6, 6.07) is 6.94. The van der Waals surface area contributed by atoms with Crippen molar-refractivity contribution in [3.05, 3.63) is 41.2 Å². The summed E-state index contributed by atoms with van der Waals surface area (Å²) in [5.41, 5.74) is 0.797. The van der Waals surface area contributed by atoms with Crippen molar-refractivity contribution in [1.29, 1.82) is 5.26 Å². The van der Waals surface area contributed by atoms with Crippen molar-refractivity contribution in [3.63, 3.8) is 0 Å². The van der Waals surface area contributed by atoms with Gasteiger partial charge < -0.3 is 9.47 Å². The van der Waals surface area contributed by atoms with Gasteiger partial charge in [0.05, 0.1) is 11.7 Å². The number of halogens is 1. The molecule has 3 heterocycles. The minimum Gasteiger partial charge on any atom is -0.360 e. The van der Waals surface area contributed by atoms with Gasteiger partial charge in [-0.25, -0.2) is 4.39 Å². The summed E-state index contributed by atoms with van der Waals surface area (Å²) in [5, 5.41) is 18.2. The van der Waals surface area contributed by atoms with Crippen LogP contribution in [0.3, 0.4) is 0 Å². The van der Waals surface area contributed by atoms with Crippen LogP contribution < -0.4 is 4.90 Å². The van der Waals surface area contributed by atoms with Crippen molar-refractivity contribution < 1.29 is 4.39 Å². The Kier molecular flexibility index (Phi) is 3.93. The molecular formula is C18H20FN5. The van der Waals surface area contributed by atoms with Crippen LogP contribution in [0.2, 0.25) is 0 Å². The molecule has 1 atom stereocenters. The van der Waals surface area contributed by atoms with Crippen molar-refractivity contribution in [2.24, 2.45) is 0 Å². The van der Waals surface area contributed by atoms with Crippen LogP contribution in [0.25, 0.3) is 0 Å². The third kappa shape index (κ3) is 2.44. The van der Waals surface area contributed by atoms with Crippen molar-refractivity contribution in [2.45, 2.75) is 51.1 Å². The van der Waals surface area contributed by atoms with Gasteiger partial charge in [0.15, 0.2) is 5.82 Å². The molecule has 1 aromatic carbocycles. The van der Waals surface area contributed by atoms with Crippen LogP contribution >= 0.6 is 0 Å². The fraction of sp³-hybridized carbons (Fsp3) is 0.500. The van der Waals surface area contributed by atoms with Crippen LogP contribution in [0, 0.1) is 17.1 Å². The number of hydrogen-bond donors (Lipinski definition) is 0. The van der Waals surface area contributed by atoms with Crippen LogP contribution in [0.15, 0.2) is 18.2 Å². The molecule has 124 valence electrons. The molecule has 6 heteroatoms. The number of hydrogen-bond acceptors (Lipinski definition) is 4. The molecule has 24 heavy (non-hydrogen) atoms. The van der Waals surface area contributed by atoms with E-state index < -0.39 is 5.82 Å². The molecule has 0 radical (unpaired) electrons. The quantitative estimate of drug-likeness (QED) is 0.849. The Labute approximate surface area is 140 Å². The number of fused-ring (bicyclic) bond motifs is 1. The van der Waals surface area contributed by atoms with Gasteiger partial charge in [0, 0.05) is 19.5 Å². The molecule has 0 bridgehead atoms. The zero-order chi connectivity index (χ0) is 16.5. The van der Waals surface area contributed by atoms with Crippen LogP contribution in [0.4, 0.5) is 10.1 Å². The highest BCUT2D eigenvalue weighted by atomic mass is 19.1. The number of benzene rings is 1. The Hall–Kier alpha value is -2.42. The van der Waals surface area contributed by atoms with Crippen molar-refractivity contribution >= 4 is 5.69 Å². The first-order chi connectivity index (χ1) is 11.8. The number of nitriles is 1. The zero-order valence-electron chi connectivity index (χ0n) is 13.6. The van der Waals surface area contributed by atoms with Crippen molar-refractivity contribution in [1.82, 2.24) is 14.8 Å². The van der Waals surface area contributed by atoms with Gasteiger partial charge in [-0.05, 0) is 37.8 Å². The third-order valence-corrected chi connectivity index (χ3v) is 5.10. The van der Waals surface area contributed by atoms with E-state index in [2.05, 4.69) is 19.7 Å². The summed E-state index contributed by atoms with van der Waals surface area (Å²) in [6.07, 6.45) is 6.47. The SMILES string of the molecule is N#Cc1c(F)cccc1N1CCC[C@H]1c1nnc2n1CCCCC2. The number of aromatic nitrogens is 3. The van der Waals surface area contributed by atoms with Gasteiger partial charge in [0.2, 0.25) is 0 Å². The summed E-state index contributed by atoms with van der Waals surface area (Å²) in [6.45, 7) is 1.77. The van der Waals surface area contributed by atoms with Gasteiger partial charge in [0.25, 0.3) is 0 Å². The number of rotatable bonds is 2. The minimum absolute atomic E-state index is 0.0678. The van der Waals surface area contributed by atoms with Gasteiger partial charge >= 0.3 is 0 Å². The zero-order valence-corrected chi connectivity index (χ0v) is 13.6. The van der Waals surface area contributed by atoms with Crippen LogP contribution in [-0.4, -0.2) is 21.3 Å². The van der Waals surface area contributed by atoms with E-state index in [1.165, 1.54) is 12.5 Å². The second-order valence-electron chi connectivity index (χ2n) is 6.53. The predicted molar refractivity (Wildman–Crippen MR) is 88.0 cm³/mol. The minimum atomic E-state index is -0.458. The standard InChI is InChI=1S/C18H20FN5/c19-14-6-4-7-15(13(14)12-20)23-11-5-8-16(23)18-22-21-17-9-2-1-3-10-24(17)18/h4,6-7,16H,1-3,5,8-11H2/t16-/m0/s1. The molecule has 1 fully saturated rings. The van der Waals surface area contributed by atoms with Gasteiger partial charge in [-0.3, -0.25) is 0 Å². The lowest BCUT2D eigenvalue weighted by Gasteiger charge is -2.27. The molecule has 2 aromatic rings. The Balaban J connectivity index is 1.74. The maximum atomic E-state index is 14.0. The fourth-order valence-electron chi connectivity index (χ4n) is 3.94. The Morgan fingerprint density at radius 1 is 1.12 bits per heavy atom. The van der Waals surface area contributed by atoms with E-state index in [1.54, 1.807) is 6.07 Å². The lowest BCUT2D eigenvalue weighted by molar-refractivity contribution is 0.558. The van der Waals surface area contributed by atoms with Crippen LogP contribution in [0.1, 0.15) is 55.4 Å². The summed E-state index contributed by atoms with van der Waals surface area (Å²) < 4.78 is 16.3. The Morgan fingerprint density at radius 2 is 2.04 bits per heavy atom. The average molecular weight is 325 g/mol. The van der Waals surface area contributed by atoms with Crippen molar-refractivity contribution in [2.75, 3.05) is 11.4 Å². The van der Waals surface area contributed by atoms with Crippen molar-refractivity contribution in [3.8, 4) is 6.07 Å². The second-order valence-corrected chi connectivity index (χ2v) is 6.53. The monoisotopic (exact) mass is 325 g/mol. The Bertz CT molecular complexity index is 791. The number of aryl methyl sites for hydroxylation is 1. The molecule has 4 rings (SSSR count). The van der Waals surface area contributed by atoms with E-state index in [0.29, 0.717) is 5.69 Å². The molecule has 0 unspecified atom stereocenters. The van der Waals surface area contributed by atoms with E-state index in [4.69, 9.17) is 0 Å². The van der Waals surface area contributed by atoms with E-state index in [1.807, 2.05) is 12.1 Å². The maximum absolute atomic E-state index is 14.0. The topological polar surface area (TPSA) is 57.7 Å². The highest BCUT2D eigenvalue weighted by molar-refractivity contribution is 5.61. The predicted octanol–water partition coefficient (Wildman–Crippen LogP) is 3.36. The van der Waals surface area contributed by atoms with E-state index in [0.717, 1.165) is 56.8 Å². The molecule has 1 saturated heterocycles. The molecule has 0 saturated carbocycles. The molecule has 0 aliphatic carbocycles. The first-order valence-electron chi connectivity index (χ1n) is 8.67. The Morgan fingerprint density at radius 3 is 2.92 bits per heavy atom. The summed E-state index contributed by atoms with van der Waals surface area (Å²) >= 11 is 0. The lowest BCUT2D eigenvalue weighted by atomic mass is 10.1. The summed E-state index contributed by atoms with van der Waals surface area (Å²) in [7, 11) is 0. The molecule has 5 nitrogen and oxygen atoms in total. The largest absolute Gasteiger partial charge is 0.360 e. The van der Waals surface area contributed by atoms with Gasteiger partial charge in [-0.15, -0.1) is 10.2 Å². The molecule has 0 amide bonds. The molecule has 0 N–H and O–H groups in total. The maximum Gasteiger partial charge on any atom is 0.155 e. The molecular weight excluding hydrogens is 305 g/mol. The molecule has 2 aliphatic rings. The van der Waals surface area contributed by atoms with Gasteiger partial charge in [-0.1, -0.05) is 12.5 Å². The first-order valence-corrected chi connectivity index (χ1v) is 8.67. The molecule has 2 aliphatic heterocycles. The molecule has 1 aromatic heterocycles. The van der Waals surface area contributed by atoms with Gasteiger partial charge in [0.1, 0.15) is 23.3 Å². The fourth-order valence-corrected chi connectivity index (χ4v) is 3.94.